The molecule has 3 atom stereocenters. The third-order valence-corrected chi connectivity index (χ3v) is 2.82. The number of hydrogen-bond acceptors (Lipinski definition) is 2. The molecule has 1 saturated carbocycles. The van der Waals surface area contributed by atoms with E-state index in [9.17, 15) is 4.79 Å². The van der Waals surface area contributed by atoms with Crippen molar-refractivity contribution in [2.45, 2.75) is 32.7 Å². The molecule has 0 aromatic rings. The fourth-order valence-corrected chi connectivity index (χ4v) is 1.47. The highest BCUT2D eigenvalue weighted by atomic mass is 16.2. The summed E-state index contributed by atoms with van der Waals surface area (Å²) in [4.78, 5) is 13.4. The molecular formula is C10H20N2O. The molecule has 1 rings (SSSR count). The van der Waals surface area contributed by atoms with Crippen molar-refractivity contribution in [3.8, 4) is 0 Å². The maximum absolute atomic E-state index is 11.6. The predicted octanol–water partition coefficient (Wildman–Crippen LogP) is 0.838. The van der Waals surface area contributed by atoms with Crippen LogP contribution in [-0.2, 0) is 4.79 Å². The summed E-state index contributed by atoms with van der Waals surface area (Å²) < 4.78 is 0. The van der Waals surface area contributed by atoms with Gasteiger partial charge in [0.15, 0.2) is 0 Å². The number of carbonyl (C=O) groups excluding carboxylic acids is 1. The van der Waals surface area contributed by atoms with Gasteiger partial charge in [-0.2, -0.15) is 0 Å². The number of carbonyl (C=O) groups is 1. The van der Waals surface area contributed by atoms with Crippen LogP contribution in [0.4, 0.5) is 0 Å². The minimum Gasteiger partial charge on any atom is -0.345 e. The Morgan fingerprint density at radius 1 is 1.69 bits per heavy atom. The molecule has 0 spiro atoms. The second-order valence-electron chi connectivity index (χ2n) is 4.24. The number of nitrogens with zero attached hydrogens (tertiary/aromatic N) is 1. The third-order valence-electron chi connectivity index (χ3n) is 2.82. The Hall–Kier alpha value is -0.570. The van der Waals surface area contributed by atoms with E-state index >= 15 is 0 Å². The minimum atomic E-state index is 0.119. The summed E-state index contributed by atoms with van der Waals surface area (Å²) in [6.07, 6.45) is 2.00. The Kier molecular flexibility index (Phi) is 3.31. The van der Waals surface area contributed by atoms with E-state index in [2.05, 4.69) is 13.8 Å². The Labute approximate surface area is 80.3 Å². The summed E-state index contributed by atoms with van der Waals surface area (Å²) in [5.74, 6) is 0.936. The van der Waals surface area contributed by atoms with Crippen molar-refractivity contribution in [1.82, 2.24) is 4.90 Å². The van der Waals surface area contributed by atoms with Gasteiger partial charge in [-0.1, -0.05) is 20.3 Å². The lowest BCUT2D eigenvalue weighted by Crippen LogP contribution is -2.33. The van der Waals surface area contributed by atoms with Gasteiger partial charge in [0.2, 0.25) is 5.91 Å². The maximum atomic E-state index is 11.6. The van der Waals surface area contributed by atoms with Gasteiger partial charge in [-0.05, 0) is 12.3 Å². The van der Waals surface area contributed by atoms with E-state index in [0.29, 0.717) is 5.92 Å². The molecule has 0 bridgehead atoms. The summed E-state index contributed by atoms with van der Waals surface area (Å²) in [6.45, 7) is 5.17. The fraction of sp³-hybridized carbons (Fsp3) is 0.900. The molecule has 1 aliphatic carbocycles. The quantitative estimate of drug-likeness (QED) is 0.703. The van der Waals surface area contributed by atoms with Crippen molar-refractivity contribution >= 4 is 5.91 Å². The van der Waals surface area contributed by atoms with Crippen molar-refractivity contribution in [2.75, 3.05) is 13.6 Å². The molecule has 0 aromatic carbocycles. The van der Waals surface area contributed by atoms with Crippen molar-refractivity contribution < 1.29 is 4.79 Å². The molecule has 76 valence electrons. The minimum absolute atomic E-state index is 0.119. The summed E-state index contributed by atoms with van der Waals surface area (Å²) in [5.41, 5.74) is 5.62. The van der Waals surface area contributed by atoms with E-state index in [4.69, 9.17) is 5.73 Å². The topological polar surface area (TPSA) is 46.3 Å². The van der Waals surface area contributed by atoms with Crippen LogP contribution in [0, 0.1) is 11.8 Å². The maximum Gasteiger partial charge on any atom is 0.227 e. The second kappa shape index (κ2) is 4.09. The molecule has 2 N–H and O–H groups in total. The monoisotopic (exact) mass is 184 g/mol. The van der Waals surface area contributed by atoms with E-state index in [1.165, 1.54) is 0 Å². The normalized spacial score (nSPS) is 28.3. The molecule has 3 nitrogen and oxygen atoms in total. The second-order valence-corrected chi connectivity index (χ2v) is 4.24. The number of nitrogens with two attached hydrogens (primary N) is 1. The Balaban J connectivity index is 2.30. The van der Waals surface area contributed by atoms with Crippen LogP contribution in [0.3, 0.4) is 0 Å². The number of hydrogen-bond donors (Lipinski definition) is 1. The molecule has 3 heteroatoms. The SMILES string of the molecule is CCC(C)CN(C)C(=O)C1CC1N. The molecule has 1 fully saturated rings. The first kappa shape index (κ1) is 10.5. The smallest absolute Gasteiger partial charge is 0.227 e. The zero-order valence-corrected chi connectivity index (χ0v) is 8.79. The zero-order valence-electron chi connectivity index (χ0n) is 8.79. The highest BCUT2D eigenvalue weighted by Crippen LogP contribution is 2.29. The molecule has 13 heavy (non-hydrogen) atoms. The predicted molar refractivity (Wildman–Crippen MR) is 53.2 cm³/mol. The van der Waals surface area contributed by atoms with Gasteiger partial charge in [0.25, 0.3) is 0 Å². The Morgan fingerprint density at radius 3 is 2.62 bits per heavy atom. The third kappa shape index (κ3) is 2.69. The molecule has 0 radical (unpaired) electrons. The Morgan fingerprint density at radius 2 is 2.23 bits per heavy atom. The summed E-state index contributed by atoms with van der Waals surface area (Å²) in [5, 5.41) is 0. The number of rotatable bonds is 4. The van der Waals surface area contributed by atoms with Crippen LogP contribution in [-0.4, -0.2) is 30.4 Å². The van der Waals surface area contributed by atoms with Gasteiger partial charge in [0.05, 0.1) is 5.92 Å². The van der Waals surface area contributed by atoms with Gasteiger partial charge in [0.1, 0.15) is 0 Å². The van der Waals surface area contributed by atoms with Crippen LogP contribution in [0.1, 0.15) is 26.7 Å². The molecule has 0 heterocycles. The van der Waals surface area contributed by atoms with Gasteiger partial charge in [-0.15, -0.1) is 0 Å². The van der Waals surface area contributed by atoms with Crippen LogP contribution in [0.2, 0.25) is 0 Å². The fourth-order valence-electron chi connectivity index (χ4n) is 1.47. The van der Waals surface area contributed by atoms with Crippen molar-refractivity contribution in [3.05, 3.63) is 0 Å². The largest absolute Gasteiger partial charge is 0.345 e. The lowest BCUT2D eigenvalue weighted by Gasteiger charge is -2.20. The van der Waals surface area contributed by atoms with Crippen LogP contribution >= 0.6 is 0 Å². The highest BCUT2D eigenvalue weighted by molar-refractivity contribution is 5.82. The van der Waals surface area contributed by atoms with Crippen LogP contribution < -0.4 is 5.73 Å². The van der Waals surface area contributed by atoms with E-state index in [1.807, 2.05) is 11.9 Å². The standard InChI is InChI=1S/C10H20N2O/c1-4-7(2)6-12(3)10(13)8-5-9(8)11/h7-9H,4-6,11H2,1-3H3. The first-order valence-electron chi connectivity index (χ1n) is 5.06. The summed E-state index contributed by atoms with van der Waals surface area (Å²) >= 11 is 0. The van der Waals surface area contributed by atoms with E-state index in [0.717, 1.165) is 19.4 Å². The Bertz CT molecular complexity index is 193. The summed E-state index contributed by atoms with van der Waals surface area (Å²) in [6, 6.07) is 0.131. The lowest BCUT2D eigenvalue weighted by atomic mass is 10.1. The van der Waals surface area contributed by atoms with Crippen molar-refractivity contribution in [2.24, 2.45) is 17.6 Å². The highest BCUT2D eigenvalue weighted by Gasteiger charge is 2.41. The van der Waals surface area contributed by atoms with Crippen LogP contribution in [0.15, 0.2) is 0 Å². The van der Waals surface area contributed by atoms with Crippen molar-refractivity contribution in [1.29, 1.82) is 0 Å². The van der Waals surface area contributed by atoms with Gasteiger partial charge in [-0.25, -0.2) is 0 Å². The van der Waals surface area contributed by atoms with Crippen LogP contribution in [0.25, 0.3) is 0 Å². The first-order chi connectivity index (χ1) is 6.06. The van der Waals surface area contributed by atoms with Gasteiger partial charge in [0, 0.05) is 19.6 Å². The van der Waals surface area contributed by atoms with Gasteiger partial charge in [-0.3, -0.25) is 4.79 Å². The first-order valence-corrected chi connectivity index (χ1v) is 5.06. The molecule has 0 aromatic heterocycles. The van der Waals surface area contributed by atoms with Gasteiger partial charge >= 0.3 is 0 Å². The molecular weight excluding hydrogens is 164 g/mol. The van der Waals surface area contributed by atoms with E-state index < -0.39 is 0 Å². The van der Waals surface area contributed by atoms with Crippen LogP contribution in [0.5, 0.6) is 0 Å². The molecule has 0 saturated heterocycles. The molecule has 3 unspecified atom stereocenters. The lowest BCUT2D eigenvalue weighted by molar-refractivity contribution is -0.131. The van der Waals surface area contributed by atoms with E-state index in [-0.39, 0.29) is 17.9 Å². The zero-order chi connectivity index (χ0) is 10.0. The average Bonchev–Trinajstić information content (AvgIpc) is 2.81. The van der Waals surface area contributed by atoms with E-state index in [1.54, 1.807) is 0 Å². The van der Waals surface area contributed by atoms with Crippen molar-refractivity contribution in [3.63, 3.8) is 0 Å². The average molecular weight is 184 g/mol. The number of amides is 1. The molecule has 1 amide bonds. The molecule has 1 aliphatic rings. The molecule has 0 aliphatic heterocycles. The summed E-state index contributed by atoms with van der Waals surface area (Å²) in [7, 11) is 1.87. The van der Waals surface area contributed by atoms with Gasteiger partial charge < -0.3 is 10.6 Å².